The number of benzene rings is 1. The number of nitrogens with two attached hydrogens (primary N) is 1. The molecule has 28 heavy (non-hydrogen) atoms. The fourth-order valence-corrected chi connectivity index (χ4v) is 5.60. The molecule has 3 rings (SSSR count). The van der Waals surface area contributed by atoms with E-state index >= 15 is 4.39 Å². The molecule has 2 aromatic heterocycles. The number of ether oxygens (including phenoxy) is 1. The molecule has 9 heteroatoms. The average Bonchev–Trinajstić information content (AvgIpc) is 3.00. The second-order valence-electron chi connectivity index (χ2n) is 6.76. The van der Waals surface area contributed by atoms with Crippen molar-refractivity contribution < 1.29 is 13.7 Å². The van der Waals surface area contributed by atoms with E-state index in [-0.39, 0.29) is 28.5 Å². The van der Waals surface area contributed by atoms with Crippen molar-refractivity contribution in [1.82, 2.24) is 9.55 Å². The van der Waals surface area contributed by atoms with Crippen LogP contribution in [0.4, 0.5) is 10.1 Å². The first kappa shape index (κ1) is 20.8. The van der Waals surface area contributed by atoms with Gasteiger partial charge in [-0.05, 0) is 17.5 Å². The van der Waals surface area contributed by atoms with Gasteiger partial charge in [-0.1, -0.05) is 25.2 Å². The van der Waals surface area contributed by atoms with E-state index in [9.17, 15) is 9.35 Å². The number of anilines is 1. The third-order valence-electron chi connectivity index (χ3n) is 4.49. The highest BCUT2D eigenvalue weighted by atomic mass is 32.2. The molecular formula is C19H22FN3O3S2. The summed E-state index contributed by atoms with van der Waals surface area (Å²) in [6, 6.07) is 3.00. The Balaban J connectivity index is 2.27. The summed E-state index contributed by atoms with van der Waals surface area (Å²) >= 11 is -0.292. The van der Waals surface area contributed by atoms with Crippen LogP contribution in [0.15, 0.2) is 27.5 Å². The number of hydrogen-bond acceptors (Lipinski definition) is 6. The number of aromatic nitrogens is 2. The van der Waals surface area contributed by atoms with E-state index in [1.165, 1.54) is 24.1 Å². The summed E-state index contributed by atoms with van der Waals surface area (Å²) in [6.07, 6.45) is 1.37. The molecule has 1 atom stereocenters. The number of methoxy groups -OCH3 is 1. The maximum absolute atomic E-state index is 15.4. The molecule has 0 saturated heterocycles. The maximum atomic E-state index is 15.4. The predicted molar refractivity (Wildman–Crippen MR) is 112 cm³/mol. The van der Waals surface area contributed by atoms with Crippen molar-refractivity contribution in [3.05, 3.63) is 40.2 Å². The van der Waals surface area contributed by atoms with Gasteiger partial charge in [0.25, 0.3) is 5.56 Å². The van der Waals surface area contributed by atoms with Crippen LogP contribution >= 0.6 is 11.3 Å². The maximum Gasteiger partial charge on any atom is 0.253 e. The lowest BCUT2D eigenvalue weighted by Gasteiger charge is -2.13. The van der Waals surface area contributed by atoms with Crippen LogP contribution in [-0.2, 0) is 23.0 Å². The van der Waals surface area contributed by atoms with Crippen LogP contribution in [0.2, 0.25) is 0 Å². The third kappa shape index (κ3) is 3.67. The van der Waals surface area contributed by atoms with Crippen molar-refractivity contribution in [3.63, 3.8) is 0 Å². The molecule has 0 aliphatic heterocycles. The number of halogens is 1. The summed E-state index contributed by atoms with van der Waals surface area (Å²) in [5.74, 6) is -0.174. The molecule has 0 radical (unpaired) electrons. The van der Waals surface area contributed by atoms with E-state index in [1.54, 1.807) is 13.1 Å². The fourth-order valence-electron chi connectivity index (χ4n) is 2.95. The molecule has 0 saturated carbocycles. The Morgan fingerprint density at radius 2 is 2.14 bits per heavy atom. The van der Waals surface area contributed by atoms with Crippen molar-refractivity contribution in [2.45, 2.75) is 24.0 Å². The Bertz CT molecular complexity index is 1080. The van der Waals surface area contributed by atoms with Gasteiger partial charge in [0.05, 0.1) is 23.3 Å². The van der Waals surface area contributed by atoms with Crippen LogP contribution in [0.5, 0.6) is 0 Å². The van der Waals surface area contributed by atoms with Crippen LogP contribution < -0.4 is 11.3 Å². The van der Waals surface area contributed by atoms with Gasteiger partial charge in [0, 0.05) is 42.3 Å². The van der Waals surface area contributed by atoms with Crippen LogP contribution in [0, 0.1) is 5.82 Å². The Labute approximate surface area is 169 Å². The van der Waals surface area contributed by atoms with Gasteiger partial charge in [-0.3, -0.25) is 4.79 Å². The highest BCUT2D eigenvalue weighted by Crippen LogP contribution is 2.45. The van der Waals surface area contributed by atoms with Gasteiger partial charge in [-0.15, -0.1) is 0 Å². The molecule has 6 nitrogen and oxygen atoms in total. The second-order valence-corrected chi connectivity index (χ2v) is 9.54. The molecule has 0 fully saturated rings. The topological polar surface area (TPSA) is 93.2 Å². The number of aryl methyl sites for hydroxylation is 1. The summed E-state index contributed by atoms with van der Waals surface area (Å²) < 4.78 is 35.1. The van der Waals surface area contributed by atoms with E-state index in [0.29, 0.717) is 26.6 Å². The molecule has 0 spiro atoms. The number of fused-ring (bicyclic) bond motifs is 1. The Kier molecular flexibility index (Phi) is 6.09. The summed E-state index contributed by atoms with van der Waals surface area (Å²) in [7, 11) is 3.12. The Morgan fingerprint density at radius 1 is 1.43 bits per heavy atom. The molecule has 150 valence electrons. The van der Waals surface area contributed by atoms with Crippen molar-refractivity contribution in [3.8, 4) is 11.3 Å². The van der Waals surface area contributed by atoms with Gasteiger partial charge in [-0.25, -0.2) is 9.37 Å². The van der Waals surface area contributed by atoms with Gasteiger partial charge in [-0.2, -0.15) is 0 Å². The van der Waals surface area contributed by atoms with Gasteiger partial charge >= 0.3 is 0 Å². The predicted octanol–water partition coefficient (Wildman–Crippen LogP) is 3.26. The summed E-state index contributed by atoms with van der Waals surface area (Å²) in [5.41, 5.74) is 7.70. The molecule has 2 heterocycles. The number of nitrogen functional groups attached to an aromatic ring is 1. The van der Waals surface area contributed by atoms with Crippen molar-refractivity contribution in [1.29, 1.82) is 0 Å². The molecule has 3 aromatic rings. The zero-order chi connectivity index (χ0) is 20.6. The first-order valence-corrected chi connectivity index (χ1v) is 10.8. The SMILES string of the molecule is COCC[S@+]([O-])c1sc2c(F)c(-c3cc(=O)n(C)cn3)cc(C(C)C)c2c1N. The summed E-state index contributed by atoms with van der Waals surface area (Å²) in [6.45, 7) is 4.28. The minimum Gasteiger partial charge on any atom is -0.611 e. The molecule has 0 amide bonds. The number of thiophene rings is 1. The third-order valence-corrected chi connectivity index (χ3v) is 7.46. The first-order chi connectivity index (χ1) is 13.3. The lowest BCUT2D eigenvalue weighted by molar-refractivity contribution is 0.217. The quantitative estimate of drug-likeness (QED) is 0.614. The largest absolute Gasteiger partial charge is 0.611 e. The van der Waals surface area contributed by atoms with Crippen LogP contribution in [0.25, 0.3) is 21.3 Å². The molecule has 0 bridgehead atoms. The monoisotopic (exact) mass is 423 g/mol. The minimum atomic E-state index is -1.38. The lowest BCUT2D eigenvalue weighted by atomic mass is 9.95. The standard InChI is InChI=1S/C19H22FN3O3S2/c1-10(2)11-7-12(13-8-14(24)23(3)9-22-13)16(20)18-15(11)17(21)19(27-18)28(25)6-5-26-4/h7-10H,5-6,21H2,1-4H3/t28-/m0/s1. The van der Waals surface area contributed by atoms with E-state index in [1.807, 2.05) is 13.8 Å². The van der Waals surface area contributed by atoms with Crippen LogP contribution in [-0.4, -0.2) is 33.6 Å². The fraction of sp³-hybridized carbons (Fsp3) is 0.368. The smallest absolute Gasteiger partial charge is 0.253 e. The van der Waals surface area contributed by atoms with Gasteiger partial charge < -0.3 is 19.6 Å². The minimum absolute atomic E-state index is 0.0468. The number of hydrogen-bond donors (Lipinski definition) is 1. The van der Waals surface area contributed by atoms with Gasteiger partial charge in [0.15, 0.2) is 5.82 Å². The van der Waals surface area contributed by atoms with E-state index < -0.39 is 17.0 Å². The molecule has 0 unspecified atom stereocenters. The molecule has 2 N–H and O–H groups in total. The van der Waals surface area contributed by atoms with E-state index in [4.69, 9.17) is 10.5 Å². The van der Waals surface area contributed by atoms with Crippen molar-refractivity contribution in [2.24, 2.45) is 7.05 Å². The van der Waals surface area contributed by atoms with Gasteiger partial charge in [0.1, 0.15) is 11.4 Å². The highest BCUT2D eigenvalue weighted by Gasteiger charge is 2.27. The zero-order valence-corrected chi connectivity index (χ0v) is 17.7. The Hall–Kier alpha value is -1.94. The number of rotatable bonds is 6. The van der Waals surface area contributed by atoms with E-state index in [0.717, 1.165) is 16.9 Å². The van der Waals surface area contributed by atoms with Crippen molar-refractivity contribution >= 4 is 38.3 Å². The molecular weight excluding hydrogens is 401 g/mol. The van der Waals surface area contributed by atoms with Crippen molar-refractivity contribution in [2.75, 3.05) is 25.2 Å². The summed E-state index contributed by atoms with van der Waals surface area (Å²) in [4.78, 5) is 16.2. The normalized spacial score (nSPS) is 12.8. The van der Waals surface area contributed by atoms with Gasteiger partial charge in [0.2, 0.25) is 4.21 Å². The Morgan fingerprint density at radius 3 is 2.75 bits per heavy atom. The van der Waals surface area contributed by atoms with E-state index in [2.05, 4.69) is 4.98 Å². The lowest BCUT2D eigenvalue weighted by Crippen LogP contribution is -2.16. The summed E-state index contributed by atoms with van der Waals surface area (Å²) in [5, 5.41) is 0.589. The van der Waals surface area contributed by atoms with Crippen LogP contribution in [0.1, 0.15) is 25.3 Å². The first-order valence-electron chi connectivity index (χ1n) is 8.71. The highest BCUT2D eigenvalue weighted by molar-refractivity contribution is 7.93. The number of nitrogens with zero attached hydrogens (tertiary/aromatic N) is 2. The van der Waals surface area contributed by atoms with Crippen LogP contribution in [0.3, 0.4) is 0 Å². The average molecular weight is 424 g/mol. The molecule has 1 aromatic carbocycles. The molecule has 0 aliphatic rings. The second kappa shape index (κ2) is 8.20. The zero-order valence-electron chi connectivity index (χ0n) is 16.1. The molecule has 0 aliphatic carbocycles.